The zero-order valence-electron chi connectivity index (χ0n) is 16.7. The molecule has 28 heavy (non-hydrogen) atoms. The molecule has 150 valence electrons. The maximum absolute atomic E-state index is 12.4. The molecular formula is C22H28N2O4. The van der Waals surface area contributed by atoms with Crippen molar-refractivity contribution in [2.75, 3.05) is 32.6 Å². The summed E-state index contributed by atoms with van der Waals surface area (Å²) in [5, 5.41) is 2.87. The summed E-state index contributed by atoms with van der Waals surface area (Å²) in [6, 6.07) is 14.7. The van der Waals surface area contributed by atoms with E-state index in [0.29, 0.717) is 17.2 Å². The number of benzene rings is 2. The summed E-state index contributed by atoms with van der Waals surface area (Å²) in [6.45, 7) is 3.82. The number of rotatable bonds is 7. The Labute approximate surface area is 166 Å². The Bertz CT molecular complexity index is 770. The van der Waals surface area contributed by atoms with E-state index in [4.69, 9.17) is 14.2 Å². The first kappa shape index (κ1) is 20.0. The summed E-state index contributed by atoms with van der Waals surface area (Å²) in [5.74, 6) is 1.73. The normalized spacial score (nSPS) is 16.2. The van der Waals surface area contributed by atoms with Crippen LogP contribution in [0.4, 0.5) is 5.69 Å². The number of amides is 1. The number of hydrogen-bond donors (Lipinski definition) is 1. The summed E-state index contributed by atoms with van der Waals surface area (Å²) in [7, 11) is 3.70. The Kier molecular flexibility index (Phi) is 6.76. The van der Waals surface area contributed by atoms with Crippen molar-refractivity contribution in [2.45, 2.75) is 32.0 Å². The second-order valence-electron chi connectivity index (χ2n) is 7.05. The smallest absolute Gasteiger partial charge is 0.265 e. The summed E-state index contributed by atoms with van der Waals surface area (Å²) >= 11 is 0. The van der Waals surface area contributed by atoms with Gasteiger partial charge in [0.2, 0.25) is 0 Å². The number of piperidine rings is 1. The molecule has 0 bridgehead atoms. The highest BCUT2D eigenvalue weighted by Gasteiger charge is 2.19. The molecule has 1 aliphatic rings. The van der Waals surface area contributed by atoms with Crippen molar-refractivity contribution in [1.29, 1.82) is 0 Å². The Balaban J connectivity index is 1.52. The molecule has 0 radical (unpaired) electrons. The van der Waals surface area contributed by atoms with Gasteiger partial charge in [-0.1, -0.05) is 12.1 Å². The van der Waals surface area contributed by atoms with Crippen molar-refractivity contribution in [3.63, 3.8) is 0 Å². The first-order valence-corrected chi connectivity index (χ1v) is 9.61. The van der Waals surface area contributed by atoms with Gasteiger partial charge in [-0.15, -0.1) is 0 Å². The minimum atomic E-state index is -0.661. The standard InChI is InChI=1S/C22H28N2O4/c1-16(27-21-7-5-4-6-20(21)26-3)22(25)23-17-8-10-18(11-9-17)28-19-12-14-24(2)15-13-19/h4-11,16,19H,12-15H2,1-3H3,(H,23,25)/t16-/m1/s1. The van der Waals surface area contributed by atoms with Crippen molar-refractivity contribution in [3.8, 4) is 17.2 Å². The second kappa shape index (κ2) is 9.46. The first-order valence-electron chi connectivity index (χ1n) is 9.61. The lowest BCUT2D eigenvalue weighted by Crippen LogP contribution is -2.35. The molecule has 1 aliphatic heterocycles. The molecule has 0 spiro atoms. The minimum Gasteiger partial charge on any atom is -0.493 e. The Hall–Kier alpha value is -2.73. The average molecular weight is 384 g/mol. The Morgan fingerprint density at radius 2 is 1.71 bits per heavy atom. The molecule has 1 saturated heterocycles. The molecular weight excluding hydrogens is 356 g/mol. The van der Waals surface area contributed by atoms with Crippen LogP contribution in [0.2, 0.25) is 0 Å². The molecule has 6 heteroatoms. The fourth-order valence-electron chi connectivity index (χ4n) is 3.12. The molecule has 0 aliphatic carbocycles. The van der Waals surface area contributed by atoms with Gasteiger partial charge in [-0.2, -0.15) is 0 Å². The second-order valence-corrected chi connectivity index (χ2v) is 7.05. The van der Waals surface area contributed by atoms with E-state index in [1.54, 1.807) is 26.2 Å². The van der Waals surface area contributed by atoms with Crippen LogP contribution in [-0.4, -0.2) is 50.3 Å². The summed E-state index contributed by atoms with van der Waals surface area (Å²) in [5.41, 5.74) is 0.705. The third-order valence-corrected chi connectivity index (χ3v) is 4.83. The SMILES string of the molecule is COc1ccccc1O[C@H](C)C(=O)Nc1ccc(OC2CCN(C)CC2)cc1. The number of ether oxygens (including phenoxy) is 3. The highest BCUT2D eigenvalue weighted by molar-refractivity contribution is 5.94. The molecule has 2 aromatic carbocycles. The Morgan fingerprint density at radius 3 is 2.36 bits per heavy atom. The highest BCUT2D eigenvalue weighted by Crippen LogP contribution is 2.27. The summed E-state index contributed by atoms with van der Waals surface area (Å²) < 4.78 is 17.0. The maximum Gasteiger partial charge on any atom is 0.265 e. The number of likely N-dealkylation sites (tertiary alicyclic amines) is 1. The van der Waals surface area contributed by atoms with Crippen LogP contribution in [0.5, 0.6) is 17.2 Å². The average Bonchev–Trinajstić information content (AvgIpc) is 2.71. The van der Waals surface area contributed by atoms with Crippen molar-refractivity contribution in [1.82, 2.24) is 4.90 Å². The third kappa shape index (κ3) is 5.39. The number of methoxy groups -OCH3 is 1. The molecule has 1 atom stereocenters. The summed E-state index contributed by atoms with van der Waals surface area (Å²) in [6.07, 6.45) is 1.66. The first-order chi connectivity index (χ1) is 13.5. The number of carbonyl (C=O) groups excluding carboxylic acids is 1. The molecule has 0 saturated carbocycles. The number of hydrogen-bond acceptors (Lipinski definition) is 5. The minimum absolute atomic E-state index is 0.227. The van der Waals surface area contributed by atoms with Gasteiger partial charge in [0, 0.05) is 18.8 Å². The van der Waals surface area contributed by atoms with Gasteiger partial charge in [-0.05, 0) is 63.2 Å². The fraction of sp³-hybridized carbons (Fsp3) is 0.409. The van der Waals surface area contributed by atoms with Gasteiger partial charge in [0.25, 0.3) is 5.91 Å². The molecule has 1 amide bonds. The lowest BCUT2D eigenvalue weighted by Gasteiger charge is -2.29. The van der Waals surface area contributed by atoms with Crippen LogP contribution in [0, 0.1) is 0 Å². The molecule has 2 aromatic rings. The molecule has 0 unspecified atom stereocenters. The van der Waals surface area contributed by atoms with E-state index in [2.05, 4.69) is 17.3 Å². The van der Waals surface area contributed by atoms with Crippen molar-refractivity contribution in [2.24, 2.45) is 0 Å². The molecule has 1 fully saturated rings. The van der Waals surface area contributed by atoms with Crippen LogP contribution in [0.1, 0.15) is 19.8 Å². The summed E-state index contributed by atoms with van der Waals surface area (Å²) in [4.78, 5) is 14.7. The van der Waals surface area contributed by atoms with Gasteiger partial charge in [-0.25, -0.2) is 0 Å². The van der Waals surface area contributed by atoms with Gasteiger partial charge in [0.15, 0.2) is 17.6 Å². The van der Waals surface area contributed by atoms with Crippen LogP contribution in [0.15, 0.2) is 48.5 Å². The van der Waals surface area contributed by atoms with Gasteiger partial charge in [0.05, 0.1) is 7.11 Å². The van der Waals surface area contributed by atoms with Gasteiger partial charge >= 0.3 is 0 Å². The lowest BCUT2D eigenvalue weighted by atomic mass is 10.1. The van der Waals surface area contributed by atoms with Crippen LogP contribution in [0.25, 0.3) is 0 Å². The van der Waals surface area contributed by atoms with Crippen LogP contribution < -0.4 is 19.5 Å². The monoisotopic (exact) mass is 384 g/mol. The van der Waals surface area contributed by atoms with Crippen LogP contribution >= 0.6 is 0 Å². The molecule has 1 heterocycles. The van der Waals surface area contributed by atoms with Gasteiger partial charge in [0.1, 0.15) is 11.9 Å². The molecule has 3 rings (SSSR count). The van der Waals surface area contributed by atoms with E-state index in [0.717, 1.165) is 31.7 Å². The number of para-hydroxylation sites is 2. The van der Waals surface area contributed by atoms with E-state index in [1.807, 2.05) is 36.4 Å². The maximum atomic E-state index is 12.4. The van der Waals surface area contributed by atoms with Gasteiger partial charge < -0.3 is 24.4 Å². The topological polar surface area (TPSA) is 60.0 Å². The Morgan fingerprint density at radius 1 is 1.07 bits per heavy atom. The van der Waals surface area contributed by atoms with Crippen molar-refractivity contribution in [3.05, 3.63) is 48.5 Å². The van der Waals surface area contributed by atoms with E-state index in [1.165, 1.54) is 0 Å². The zero-order valence-corrected chi connectivity index (χ0v) is 16.7. The molecule has 0 aromatic heterocycles. The van der Waals surface area contributed by atoms with E-state index < -0.39 is 6.10 Å². The number of carbonyl (C=O) groups is 1. The fourth-order valence-corrected chi connectivity index (χ4v) is 3.12. The number of nitrogens with one attached hydrogen (secondary N) is 1. The largest absolute Gasteiger partial charge is 0.493 e. The predicted molar refractivity (Wildman–Crippen MR) is 109 cm³/mol. The predicted octanol–water partition coefficient (Wildman–Crippen LogP) is 3.57. The zero-order chi connectivity index (χ0) is 19.9. The third-order valence-electron chi connectivity index (χ3n) is 4.83. The highest BCUT2D eigenvalue weighted by atomic mass is 16.5. The van der Waals surface area contributed by atoms with E-state index in [9.17, 15) is 4.79 Å². The quantitative estimate of drug-likeness (QED) is 0.791. The lowest BCUT2D eigenvalue weighted by molar-refractivity contribution is -0.122. The number of anilines is 1. The van der Waals surface area contributed by atoms with E-state index in [-0.39, 0.29) is 12.0 Å². The molecule has 1 N–H and O–H groups in total. The van der Waals surface area contributed by atoms with Crippen molar-refractivity contribution < 1.29 is 19.0 Å². The molecule has 6 nitrogen and oxygen atoms in total. The van der Waals surface area contributed by atoms with Crippen molar-refractivity contribution >= 4 is 11.6 Å². The number of nitrogens with zero attached hydrogens (tertiary/aromatic N) is 1. The van der Waals surface area contributed by atoms with E-state index >= 15 is 0 Å². The van der Waals surface area contributed by atoms with Gasteiger partial charge in [-0.3, -0.25) is 4.79 Å². The van der Waals surface area contributed by atoms with Crippen LogP contribution in [0.3, 0.4) is 0 Å². The van der Waals surface area contributed by atoms with Crippen LogP contribution in [-0.2, 0) is 4.79 Å².